The Morgan fingerprint density at radius 3 is 2.16 bits per heavy atom. The van der Waals surface area contributed by atoms with Gasteiger partial charge in [0.2, 0.25) is 11.9 Å². The highest BCUT2D eigenvalue weighted by molar-refractivity contribution is 6.50. The van der Waals surface area contributed by atoms with Crippen molar-refractivity contribution in [1.29, 1.82) is 0 Å². The SMILES string of the molecule is CO[n+]1cc(C)nn1-c1ccccc1.F[B-](F)(F)F. The van der Waals surface area contributed by atoms with Crippen LogP contribution in [0.25, 0.3) is 5.69 Å². The molecule has 4 nitrogen and oxygen atoms in total. The molecular formula is C10H12BF4N3O. The molecule has 1 aromatic carbocycles. The largest absolute Gasteiger partial charge is 0.673 e. The molecule has 0 fully saturated rings. The molecule has 0 saturated heterocycles. The molecule has 2 aromatic rings. The zero-order valence-electron chi connectivity index (χ0n) is 10.3. The Morgan fingerprint density at radius 1 is 1.16 bits per heavy atom. The first-order valence-corrected chi connectivity index (χ1v) is 5.27. The number of aryl methyl sites for hydroxylation is 1. The van der Waals surface area contributed by atoms with Gasteiger partial charge < -0.3 is 22.1 Å². The molecule has 0 spiro atoms. The zero-order valence-corrected chi connectivity index (χ0v) is 10.3. The highest BCUT2D eigenvalue weighted by Crippen LogP contribution is 2.06. The molecule has 0 saturated carbocycles. The first kappa shape index (κ1) is 15.0. The summed E-state index contributed by atoms with van der Waals surface area (Å²) in [6, 6.07) is 9.85. The van der Waals surface area contributed by atoms with E-state index in [4.69, 9.17) is 4.84 Å². The van der Waals surface area contributed by atoms with Gasteiger partial charge in [0.15, 0.2) is 0 Å². The molecule has 0 atom stereocenters. The van der Waals surface area contributed by atoms with Gasteiger partial charge in [-0.05, 0) is 12.1 Å². The van der Waals surface area contributed by atoms with Gasteiger partial charge in [-0.3, -0.25) is 0 Å². The maximum absolute atomic E-state index is 9.75. The fourth-order valence-electron chi connectivity index (χ4n) is 1.30. The van der Waals surface area contributed by atoms with Gasteiger partial charge >= 0.3 is 7.25 Å². The molecule has 0 aliphatic carbocycles. The highest BCUT2D eigenvalue weighted by atomic mass is 19.5. The van der Waals surface area contributed by atoms with Crippen molar-refractivity contribution in [3.05, 3.63) is 42.2 Å². The van der Waals surface area contributed by atoms with Crippen molar-refractivity contribution < 1.29 is 26.9 Å². The van der Waals surface area contributed by atoms with E-state index in [1.807, 2.05) is 43.5 Å². The number of benzene rings is 1. The van der Waals surface area contributed by atoms with Gasteiger partial charge in [0.25, 0.3) is 0 Å². The van der Waals surface area contributed by atoms with Crippen LogP contribution in [0.4, 0.5) is 17.3 Å². The monoisotopic (exact) mass is 277 g/mol. The Bertz CT molecular complexity index is 509. The minimum Gasteiger partial charge on any atom is -0.418 e. The maximum atomic E-state index is 9.75. The molecule has 0 bridgehead atoms. The van der Waals surface area contributed by atoms with Crippen LogP contribution in [0.5, 0.6) is 0 Å². The van der Waals surface area contributed by atoms with Crippen LogP contribution in [0.2, 0.25) is 0 Å². The molecule has 0 aliphatic rings. The molecule has 9 heteroatoms. The molecular weight excluding hydrogens is 265 g/mol. The van der Waals surface area contributed by atoms with Crippen molar-refractivity contribution >= 4 is 7.25 Å². The fourth-order valence-corrected chi connectivity index (χ4v) is 1.30. The topological polar surface area (TPSA) is 30.9 Å². The molecule has 0 N–H and O–H groups in total. The average Bonchev–Trinajstić information content (AvgIpc) is 2.69. The van der Waals surface area contributed by atoms with E-state index in [0.717, 1.165) is 11.4 Å². The van der Waals surface area contributed by atoms with Crippen molar-refractivity contribution in [2.75, 3.05) is 7.11 Å². The van der Waals surface area contributed by atoms with Gasteiger partial charge in [-0.15, -0.1) is 0 Å². The van der Waals surface area contributed by atoms with Crippen LogP contribution in [-0.2, 0) is 0 Å². The number of aromatic nitrogens is 3. The zero-order chi connectivity index (χ0) is 14.5. The summed E-state index contributed by atoms with van der Waals surface area (Å²) < 4.78 is 39.0. The second-order valence-electron chi connectivity index (χ2n) is 3.48. The Balaban J connectivity index is 0.000000312. The molecule has 2 rings (SSSR count). The molecule has 0 amide bonds. The molecule has 19 heavy (non-hydrogen) atoms. The fraction of sp³-hybridized carbons (Fsp3) is 0.200. The van der Waals surface area contributed by atoms with Gasteiger partial charge in [0.1, 0.15) is 12.8 Å². The van der Waals surface area contributed by atoms with E-state index in [0.29, 0.717) is 0 Å². The first-order valence-electron chi connectivity index (χ1n) is 5.27. The predicted octanol–water partition coefficient (Wildman–Crippen LogP) is 1.83. The van der Waals surface area contributed by atoms with Gasteiger partial charge in [-0.1, -0.05) is 18.2 Å². The third-order valence-electron chi connectivity index (χ3n) is 1.91. The number of hydrogen-bond donors (Lipinski definition) is 0. The van der Waals surface area contributed by atoms with Crippen molar-refractivity contribution in [3.8, 4) is 5.69 Å². The second kappa shape index (κ2) is 6.21. The summed E-state index contributed by atoms with van der Waals surface area (Å²) in [5.41, 5.74) is 1.89. The van der Waals surface area contributed by atoms with E-state index in [9.17, 15) is 17.3 Å². The van der Waals surface area contributed by atoms with E-state index in [-0.39, 0.29) is 0 Å². The van der Waals surface area contributed by atoms with Crippen LogP contribution < -0.4 is 9.68 Å². The summed E-state index contributed by atoms with van der Waals surface area (Å²) in [5.74, 6) is 0. The van der Waals surface area contributed by atoms with E-state index in [1.165, 1.54) is 0 Å². The molecule has 0 aliphatic heterocycles. The summed E-state index contributed by atoms with van der Waals surface area (Å²) in [7, 11) is -4.39. The van der Waals surface area contributed by atoms with Gasteiger partial charge in [-0.2, -0.15) is 0 Å². The van der Waals surface area contributed by atoms with Crippen molar-refractivity contribution in [2.24, 2.45) is 0 Å². The molecule has 1 heterocycles. The molecule has 104 valence electrons. The highest BCUT2D eigenvalue weighted by Gasteiger charge is 2.20. The maximum Gasteiger partial charge on any atom is 0.673 e. The standard InChI is InChI=1S/C10H12N3O.BF4/c1-9-8-12(14-2)13(11-9)10-6-4-3-5-7-10;2-1(3,4)5/h3-8H,1-2H3;/q+1;-1. The molecule has 0 unspecified atom stereocenters. The summed E-state index contributed by atoms with van der Waals surface area (Å²) in [6.45, 7) is 1.93. The number of hydrogen-bond acceptors (Lipinski definition) is 2. The lowest BCUT2D eigenvalue weighted by Crippen LogP contribution is -2.48. The van der Waals surface area contributed by atoms with Gasteiger partial charge in [0.05, 0.1) is 5.10 Å². The summed E-state index contributed by atoms with van der Waals surface area (Å²) in [4.78, 5) is 8.43. The van der Waals surface area contributed by atoms with E-state index < -0.39 is 7.25 Å². The van der Waals surface area contributed by atoms with Crippen LogP contribution in [0.1, 0.15) is 5.69 Å². The lowest BCUT2D eigenvalue weighted by molar-refractivity contribution is -0.942. The van der Waals surface area contributed by atoms with Crippen molar-refractivity contribution in [3.63, 3.8) is 0 Å². The van der Waals surface area contributed by atoms with E-state index in [2.05, 4.69) is 5.10 Å². The first-order chi connectivity index (χ1) is 8.81. The average molecular weight is 277 g/mol. The summed E-state index contributed by atoms with van der Waals surface area (Å²) >= 11 is 0. The smallest absolute Gasteiger partial charge is 0.418 e. The Kier molecular flexibility index (Phi) is 4.90. The van der Waals surface area contributed by atoms with Gasteiger partial charge in [0, 0.05) is 16.6 Å². The summed E-state index contributed by atoms with van der Waals surface area (Å²) in [6.07, 6.45) is 1.83. The number of para-hydroxylation sites is 1. The van der Waals surface area contributed by atoms with Crippen LogP contribution >= 0.6 is 0 Å². The van der Waals surface area contributed by atoms with E-state index in [1.54, 1.807) is 16.8 Å². The summed E-state index contributed by atoms with van der Waals surface area (Å²) in [5, 5.41) is 4.31. The minimum atomic E-state index is -6.00. The predicted molar refractivity (Wildman–Crippen MR) is 61.2 cm³/mol. The van der Waals surface area contributed by atoms with E-state index >= 15 is 0 Å². The minimum absolute atomic E-state index is 0.913. The van der Waals surface area contributed by atoms with Crippen molar-refractivity contribution in [1.82, 2.24) is 9.90 Å². The Hall–Kier alpha value is -2.06. The van der Waals surface area contributed by atoms with Crippen LogP contribution in [0.15, 0.2) is 36.5 Å². The molecule has 1 aromatic heterocycles. The number of nitrogens with zero attached hydrogens (tertiary/aromatic N) is 3. The number of halogens is 4. The third kappa shape index (κ3) is 5.41. The normalized spacial score (nSPS) is 10.6. The molecule has 0 radical (unpaired) electrons. The van der Waals surface area contributed by atoms with Crippen LogP contribution in [0.3, 0.4) is 0 Å². The van der Waals surface area contributed by atoms with Crippen molar-refractivity contribution in [2.45, 2.75) is 6.92 Å². The Labute approximate surface area is 107 Å². The van der Waals surface area contributed by atoms with Crippen LogP contribution in [-0.4, -0.2) is 24.3 Å². The van der Waals surface area contributed by atoms with Gasteiger partial charge in [-0.25, -0.2) is 0 Å². The third-order valence-corrected chi connectivity index (χ3v) is 1.91. The lowest BCUT2D eigenvalue weighted by atomic mass is 10.3. The number of rotatable bonds is 2. The Morgan fingerprint density at radius 2 is 1.68 bits per heavy atom. The second-order valence-corrected chi connectivity index (χ2v) is 3.48. The lowest BCUT2D eigenvalue weighted by Gasteiger charge is -1.97. The van der Waals surface area contributed by atoms with Crippen LogP contribution in [0, 0.1) is 6.92 Å². The quantitative estimate of drug-likeness (QED) is 0.476.